The molecule has 0 aliphatic carbocycles. The maximum Gasteiger partial charge on any atom is 0.253 e. The number of carbonyl (C=O) groups excluding carboxylic acids is 1. The summed E-state index contributed by atoms with van der Waals surface area (Å²) in [5, 5.41) is 11.9. The molecule has 0 bridgehead atoms. The van der Waals surface area contributed by atoms with Crippen LogP contribution in [0.2, 0.25) is 0 Å². The van der Waals surface area contributed by atoms with Crippen LogP contribution < -0.4 is 10.9 Å². The zero-order chi connectivity index (χ0) is 18.1. The molecule has 8 nitrogen and oxygen atoms in total. The van der Waals surface area contributed by atoms with Gasteiger partial charge in [0.25, 0.3) is 5.56 Å². The van der Waals surface area contributed by atoms with Crippen LogP contribution in [0.15, 0.2) is 15.4 Å². The van der Waals surface area contributed by atoms with E-state index in [0.717, 1.165) is 16.6 Å². The van der Waals surface area contributed by atoms with Gasteiger partial charge in [0.05, 0.1) is 12.2 Å². The minimum absolute atomic E-state index is 0.137. The van der Waals surface area contributed by atoms with E-state index >= 15 is 0 Å². The molecule has 0 atom stereocenters. The smallest absolute Gasteiger partial charge is 0.253 e. The summed E-state index contributed by atoms with van der Waals surface area (Å²) >= 11 is 0. The Labute approximate surface area is 144 Å². The molecule has 3 aromatic heterocycles. The molecule has 3 heterocycles. The summed E-state index contributed by atoms with van der Waals surface area (Å²) in [6, 6.07) is 1.77. The molecule has 0 aromatic carbocycles. The summed E-state index contributed by atoms with van der Waals surface area (Å²) in [5.41, 5.74) is 3.56. The predicted octanol–water partition coefficient (Wildman–Crippen LogP) is 1.42. The molecule has 25 heavy (non-hydrogen) atoms. The lowest BCUT2D eigenvalue weighted by Crippen LogP contribution is -2.25. The third-order valence-electron chi connectivity index (χ3n) is 4.30. The number of nitrogens with zero attached hydrogens (tertiary/aromatic N) is 3. The predicted molar refractivity (Wildman–Crippen MR) is 92.2 cm³/mol. The highest BCUT2D eigenvalue weighted by Crippen LogP contribution is 2.21. The summed E-state index contributed by atoms with van der Waals surface area (Å²) in [4.78, 5) is 27.3. The second-order valence-corrected chi connectivity index (χ2v) is 6.20. The van der Waals surface area contributed by atoms with Crippen LogP contribution in [0.1, 0.15) is 34.7 Å². The van der Waals surface area contributed by atoms with Crippen molar-refractivity contribution in [2.24, 2.45) is 7.05 Å². The Morgan fingerprint density at radius 3 is 2.80 bits per heavy atom. The van der Waals surface area contributed by atoms with E-state index in [0.29, 0.717) is 35.6 Å². The van der Waals surface area contributed by atoms with Crippen LogP contribution >= 0.6 is 0 Å². The number of amides is 1. The van der Waals surface area contributed by atoms with Gasteiger partial charge in [-0.2, -0.15) is 5.10 Å². The lowest BCUT2D eigenvalue weighted by molar-refractivity contribution is -0.121. The number of fused-ring (bicyclic) bond motifs is 1. The van der Waals surface area contributed by atoms with Gasteiger partial charge in [-0.15, -0.1) is 0 Å². The normalized spacial score (nSPS) is 11.2. The van der Waals surface area contributed by atoms with Crippen LogP contribution in [-0.4, -0.2) is 25.8 Å². The van der Waals surface area contributed by atoms with Crippen molar-refractivity contribution in [3.63, 3.8) is 0 Å². The SMILES string of the molecule is Cc1cc(CNC(=O)CCc2c(C)c3c(C)nn(C)c3[nH]c2=O)no1. The third-order valence-corrected chi connectivity index (χ3v) is 4.30. The monoisotopic (exact) mass is 343 g/mol. The summed E-state index contributed by atoms with van der Waals surface area (Å²) in [7, 11) is 1.80. The molecule has 3 rings (SSSR count). The van der Waals surface area contributed by atoms with Crippen molar-refractivity contribution in [2.45, 2.75) is 40.2 Å². The molecule has 1 amide bonds. The first kappa shape index (κ1) is 16.9. The molecule has 0 radical (unpaired) electrons. The number of aromatic amines is 1. The van der Waals surface area contributed by atoms with Crippen molar-refractivity contribution >= 4 is 16.9 Å². The number of rotatable bonds is 5. The minimum atomic E-state index is -0.173. The van der Waals surface area contributed by atoms with Gasteiger partial charge in [0.15, 0.2) is 0 Å². The maximum absolute atomic E-state index is 12.4. The number of carbonyl (C=O) groups is 1. The van der Waals surface area contributed by atoms with E-state index < -0.39 is 0 Å². The average Bonchev–Trinajstić information content (AvgIpc) is 3.08. The molecule has 0 saturated heterocycles. The molecule has 2 N–H and O–H groups in total. The molecule has 0 spiro atoms. The van der Waals surface area contributed by atoms with E-state index in [9.17, 15) is 9.59 Å². The number of hydrogen-bond donors (Lipinski definition) is 2. The van der Waals surface area contributed by atoms with Crippen molar-refractivity contribution in [3.05, 3.63) is 44.7 Å². The van der Waals surface area contributed by atoms with E-state index in [1.165, 1.54) is 0 Å². The molecule has 0 aliphatic heterocycles. The van der Waals surface area contributed by atoms with Crippen LogP contribution in [-0.2, 0) is 24.8 Å². The number of aryl methyl sites for hydroxylation is 4. The van der Waals surface area contributed by atoms with E-state index in [-0.39, 0.29) is 17.9 Å². The average molecular weight is 343 g/mol. The Morgan fingerprint density at radius 2 is 2.12 bits per heavy atom. The molecule has 0 fully saturated rings. The van der Waals surface area contributed by atoms with Crippen molar-refractivity contribution in [3.8, 4) is 0 Å². The van der Waals surface area contributed by atoms with Gasteiger partial charge in [0.2, 0.25) is 5.91 Å². The van der Waals surface area contributed by atoms with Gasteiger partial charge in [-0.1, -0.05) is 5.16 Å². The van der Waals surface area contributed by atoms with Gasteiger partial charge in [-0.05, 0) is 32.8 Å². The second-order valence-electron chi connectivity index (χ2n) is 6.20. The molecule has 3 aromatic rings. The third kappa shape index (κ3) is 3.33. The van der Waals surface area contributed by atoms with Crippen molar-refractivity contribution < 1.29 is 9.32 Å². The summed E-state index contributed by atoms with van der Waals surface area (Å²) in [5.74, 6) is 0.564. The van der Waals surface area contributed by atoms with E-state index in [1.807, 2.05) is 13.8 Å². The first-order chi connectivity index (χ1) is 11.9. The maximum atomic E-state index is 12.4. The molecule has 132 valence electrons. The summed E-state index contributed by atoms with van der Waals surface area (Å²) < 4.78 is 6.62. The van der Waals surface area contributed by atoms with Crippen LogP contribution in [0.25, 0.3) is 11.0 Å². The van der Waals surface area contributed by atoms with Crippen molar-refractivity contribution in [2.75, 3.05) is 0 Å². The standard InChI is InChI=1S/C17H21N5O3/c1-9-7-12(21-25-9)8-18-14(23)6-5-13-10(2)15-11(3)20-22(4)16(15)19-17(13)24/h7H,5-6,8H2,1-4H3,(H,18,23)(H,19,24). The zero-order valence-corrected chi connectivity index (χ0v) is 14.8. The van der Waals surface area contributed by atoms with E-state index in [4.69, 9.17) is 4.52 Å². The van der Waals surface area contributed by atoms with Gasteiger partial charge in [0.1, 0.15) is 17.1 Å². The number of nitrogens with one attached hydrogen (secondary N) is 2. The summed E-state index contributed by atoms with van der Waals surface area (Å²) in [6.45, 7) is 5.91. The molecule has 0 unspecified atom stereocenters. The fourth-order valence-corrected chi connectivity index (χ4v) is 3.07. The van der Waals surface area contributed by atoms with E-state index in [2.05, 4.69) is 20.6 Å². The highest BCUT2D eigenvalue weighted by atomic mass is 16.5. The number of H-pyrrole nitrogens is 1. The first-order valence-electron chi connectivity index (χ1n) is 8.10. The topological polar surface area (TPSA) is 106 Å². The number of pyridine rings is 1. The fourth-order valence-electron chi connectivity index (χ4n) is 3.07. The Bertz CT molecular complexity index is 996. The van der Waals surface area contributed by atoms with Crippen LogP contribution in [0.4, 0.5) is 0 Å². The highest BCUT2D eigenvalue weighted by molar-refractivity contribution is 5.83. The summed E-state index contributed by atoms with van der Waals surface area (Å²) in [6.07, 6.45) is 0.598. The van der Waals surface area contributed by atoms with Gasteiger partial charge in [0, 0.05) is 30.5 Å². The van der Waals surface area contributed by atoms with Crippen LogP contribution in [0.5, 0.6) is 0 Å². The number of aromatic nitrogens is 4. The molecule has 0 saturated carbocycles. The van der Waals surface area contributed by atoms with Gasteiger partial charge in [-0.3, -0.25) is 14.3 Å². The molecule has 0 aliphatic rings. The Balaban J connectivity index is 1.71. The molecular weight excluding hydrogens is 322 g/mol. The van der Waals surface area contributed by atoms with E-state index in [1.54, 1.807) is 24.7 Å². The Morgan fingerprint density at radius 1 is 1.36 bits per heavy atom. The quantitative estimate of drug-likeness (QED) is 0.729. The molecular formula is C17H21N5O3. The molecule has 8 heteroatoms. The number of hydrogen-bond acceptors (Lipinski definition) is 5. The minimum Gasteiger partial charge on any atom is -0.361 e. The zero-order valence-electron chi connectivity index (χ0n) is 14.8. The largest absolute Gasteiger partial charge is 0.361 e. The van der Waals surface area contributed by atoms with Crippen LogP contribution in [0, 0.1) is 20.8 Å². The van der Waals surface area contributed by atoms with Gasteiger partial charge >= 0.3 is 0 Å². The lowest BCUT2D eigenvalue weighted by atomic mass is 10.0. The fraction of sp³-hybridized carbons (Fsp3) is 0.412. The second kappa shape index (κ2) is 6.54. The van der Waals surface area contributed by atoms with Gasteiger partial charge in [-0.25, -0.2) is 0 Å². The lowest BCUT2D eigenvalue weighted by Gasteiger charge is -2.07. The Hall–Kier alpha value is -2.90. The first-order valence-corrected chi connectivity index (χ1v) is 8.10. The highest BCUT2D eigenvalue weighted by Gasteiger charge is 2.16. The van der Waals surface area contributed by atoms with Crippen molar-refractivity contribution in [1.29, 1.82) is 0 Å². The Kier molecular flexibility index (Phi) is 4.43. The van der Waals surface area contributed by atoms with Crippen molar-refractivity contribution in [1.82, 2.24) is 25.2 Å². The van der Waals surface area contributed by atoms with Crippen LogP contribution in [0.3, 0.4) is 0 Å². The van der Waals surface area contributed by atoms with Gasteiger partial charge < -0.3 is 14.8 Å².